The van der Waals surface area contributed by atoms with Gasteiger partial charge in [-0.1, -0.05) is 25.6 Å². The predicted molar refractivity (Wildman–Crippen MR) is 85.1 cm³/mol. The van der Waals surface area contributed by atoms with E-state index in [0.29, 0.717) is 23.4 Å². The summed E-state index contributed by atoms with van der Waals surface area (Å²) in [7, 11) is 1.38. The first-order valence-electron chi connectivity index (χ1n) is 7.06. The molecule has 0 unspecified atom stereocenters. The molecule has 0 aromatic carbocycles. The second kappa shape index (κ2) is 6.87. The van der Waals surface area contributed by atoms with Gasteiger partial charge in [0.1, 0.15) is 5.25 Å². The van der Waals surface area contributed by atoms with Crippen molar-refractivity contribution in [3.8, 4) is 0 Å². The van der Waals surface area contributed by atoms with Crippen LogP contribution in [0.5, 0.6) is 0 Å². The van der Waals surface area contributed by atoms with Crippen molar-refractivity contribution in [3.05, 3.63) is 16.0 Å². The summed E-state index contributed by atoms with van der Waals surface area (Å²) in [6.45, 7) is 6.49. The molecule has 2 heterocycles. The van der Waals surface area contributed by atoms with Gasteiger partial charge in [0, 0.05) is 18.2 Å². The molecule has 0 fully saturated rings. The Hall–Kier alpha value is -0.950. The highest BCUT2D eigenvalue weighted by atomic mass is 32.2. The summed E-state index contributed by atoms with van der Waals surface area (Å²) in [5.74, 6) is -0.275. The summed E-state index contributed by atoms with van der Waals surface area (Å²) in [5.41, 5.74) is 0.878. The standard InChI is InChI=1S/C14H20N2O3S2/c1-5-10(13(18)19-4)21-14-15-9-7-8(3)20-11(9)12(17)16(14)6-2/h8,10H,5-7H2,1-4H3/t8-,10+/m1/s1. The van der Waals surface area contributed by atoms with Crippen molar-refractivity contribution >= 4 is 29.5 Å². The largest absolute Gasteiger partial charge is 0.468 e. The van der Waals surface area contributed by atoms with Crippen molar-refractivity contribution in [1.29, 1.82) is 0 Å². The molecule has 0 spiro atoms. The summed E-state index contributed by atoms with van der Waals surface area (Å²) in [6, 6.07) is 0. The van der Waals surface area contributed by atoms with E-state index in [-0.39, 0.29) is 16.8 Å². The summed E-state index contributed by atoms with van der Waals surface area (Å²) < 4.78 is 6.46. The van der Waals surface area contributed by atoms with Gasteiger partial charge in [-0.3, -0.25) is 14.2 Å². The van der Waals surface area contributed by atoms with Crippen molar-refractivity contribution in [2.45, 2.75) is 60.7 Å². The number of nitrogens with zero attached hydrogens (tertiary/aromatic N) is 2. The normalized spacial score (nSPS) is 18.4. The van der Waals surface area contributed by atoms with Crippen molar-refractivity contribution < 1.29 is 9.53 Å². The molecule has 0 aliphatic carbocycles. The highest BCUT2D eigenvalue weighted by Gasteiger charge is 2.28. The summed E-state index contributed by atoms with van der Waals surface area (Å²) in [6.07, 6.45) is 1.45. The highest BCUT2D eigenvalue weighted by molar-refractivity contribution is 8.00. The molecule has 1 aromatic rings. The number of aromatic nitrogens is 2. The Morgan fingerprint density at radius 2 is 2.29 bits per heavy atom. The fourth-order valence-corrected chi connectivity index (χ4v) is 4.49. The van der Waals surface area contributed by atoms with Crippen LogP contribution >= 0.6 is 23.5 Å². The van der Waals surface area contributed by atoms with Gasteiger partial charge in [-0.25, -0.2) is 4.98 Å². The van der Waals surface area contributed by atoms with Crippen molar-refractivity contribution in [3.63, 3.8) is 0 Å². The Kier molecular flexibility index (Phi) is 5.37. The quantitative estimate of drug-likeness (QED) is 0.470. The van der Waals surface area contributed by atoms with Crippen LogP contribution in [0.15, 0.2) is 14.8 Å². The van der Waals surface area contributed by atoms with Crippen LogP contribution in [0.4, 0.5) is 0 Å². The average Bonchev–Trinajstić information content (AvgIpc) is 2.85. The molecule has 2 rings (SSSR count). The van der Waals surface area contributed by atoms with Crippen molar-refractivity contribution in [2.24, 2.45) is 0 Å². The zero-order valence-electron chi connectivity index (χ0n) is 12.7. The molecule has 0 bridgehead atoms. The fraction of sp³-hybridized carbons (Fsp3) is 0.643. The van der Waals surface area contributed by atoms with Crippen LogP contribution in [-0.4, -0.2) is 33.1 Å². The Labute approximate surface area is 132 Å². The topological polar surface area (TPSA) is 61.2 Å². The molecule has 0 saturated carbocycles. The molecule has 7 heteroatoms. The minimum Gasteiger partial charge on any atom is -0.468 e. The highest BCUT2D eigenvalue weighted by Crippen LogP contribution is 2.35. The minimum atomic E-state index is -0.329. The zero-order valence-corrected chi connectivity index (χ0v) is 14.3. The zero-order chi connectivity index (χ0) is 15.6. The van der Waals surface area contributed by atoms with E-state index in [1.807, 2.05) is 13.8 Å². The lowest BCUT2D eigenvalue weighted by atomic mass is 10.2. The van der Waals surface area contributed by atoms with E-state index in [2.05, 4.69) is 11.9 Å². The van der Waals surface area contributed by atoms with E-state index in [1.165, 1.54) is 18.9 Å². The molecule has 0 N–H and O–H groups in total. The maximum atomic E-state index is 12.5. The number of fused-ring (bicyclic) bond motifs is 1. The molecular weight excluding hydrogens is 308 g/mol. The van der Waals surface area contributed by atoms with Gasteiger partial charge in [-0.05, 0) is 13.3 Å². The van der Waals surface area contributed by atoms with Crippen LogP contribution in [0.3, 0.4) is 0 Å². The first-order valence-corrected chi connectivity index (χ1v) is 8.82. The van der Waals surface area contributed by atoms with Gasteiger partial charge < -0.3 is 4.74 Å². The predicted octanol–water partition coefficient (Wildman–Crippen LogP) is 2.34. The maximum Gasteiger partial charge on any atom is 0.319 e. The van der Waals surface area contributed by atoms with Gasteiger partial charge >= 0.3 is 5.97 Å². The molecule has 0 saturated heterocycles. The third kappa shape index (κ3) is 3.29. The third-order valence-corrected chi connectivity index (χ3v) is 5.91. The van der Waals surface area contributed by atoms with Crippen LogP contribution in [0, 0.1) is 0 Å². The number of hydrogen-bond acceptors (Lipinski definition) is 6. The van der Waals surface area contributed by atoms with E-state index in [0.717, 1.165) is 17.0 Å². The van der Waals surface area contributed by atoms with E-state index < -0.39 is 0 Å². The summed E-state index contributed by atoms with van der Waals surface area (Å²) in [5, 5.41) is 0.672. The Bertz CT molecular complexity index is 601. The summed E-state index contributed by atoms with van der Waals surface area (Å²) >= 11 is 2.92. The molecule has 1 aromatic heterocycles. The van der Waals surface area contributed by atoms with Gasteiger partial charge in [-0.2, -0.15) is 0 Å². The average molecular weight is 328 g/mol. The van der Waals surface area contributed by atoms with Crippen molar-refractivity contribution in [1.82, 2.24) is 9.55 Å². The second-order valence-electron chi connectivity index (χ2n) is 4.89. The van der Waals surface area contributed by atoms with Crippen LogP contribution < -0.4 is 5.56 Å². The van der Waals surface area contributed by atoms with Crippen LogP contribution in [-0.2, 0) is 22.5 Å². The van der Waals surface area contributed by atoms with Crippen molar-refractivity contribution in [2.75, 3.05) is 7.11 Å². The number of carbonyl (C=O) groups is 1. The van der Waals surface area contributed by atoms with Gasteiger partial charge in [-0.15, -0.1) is 11.8 Å². The first kappa shape index (κ1) is 16.4. The SMILES string of the molecule is CC[C@H](Sc1nc2c(c(=O)n1CC)S[C@H](C)C2)C(=O)OC. The fourth-order valence-electron chi connectivity index (χ4n) is 2.26. The molecule has 21 heavy (non-hydrogen) atoms. The van der Waals surface area contributed by atoms with Gasteiger partial charge in [0.15, 0.2) is 5.16 Å². The molecule has 0 amide bonds. The number of thioether (sulfide) groups is 2. The number of methoxy groups -OCH3 is 1. The minimum absolute atomic E-state index is 0.0130. The lowest BCUT2D eigenvalue weighted by molar-refractivity contribution is -0.140. The molecule has 1 aliphatic rings. The van der Waals surface area contributed by atoms with E-state index in [4.69, 9.17) is 4.74 Å². The number of hydrogen-bond donors (Lipinski definition) is 0. The molecule has 1 aliphatic heterocycles. The van der Waals surface area contributed by atoms with Crippen LogP contribution in [0.25, 0.3) is 0 Å². The number of esters is 1. The van der Waals surface area contributed by atoms with E-state index >= 15 is 0 Å². The van der Waals surface area contributed by atoms with Crippen LogP contribution in [0.2, 0.25) is 0 Å². The number of carbonyl (C=O) groups excluding carboxylic acids is 1. The smallest absolute Gasteiger partial charge is 0.319 e. The van der Waals surface area contributed by atoms with Gasteiger partial charge in [0.2, 0.25) is 0 Å². The first-order chi connectivity index (χ1) is 10.0. The number of rotatable bonds is 5. The maximum absolute atomic E-state index is 12.5. The van der Waals surface area contributed by atoms with E-state index in [1.54, 1.807) is 16.3 Å². The van der Waals surface area contributed by atoms with Gasteiger partial charge in [0.05, 0.1) is 17.7 Å². The van der Waals surface area contributed by atoms with Gasteiger partial charge in [0.25, 0.3) is 5.56 Å². The monoisotopic (exact) mass is 328 g/mol. The molecule has 0 radical (unpaired) electrons. The van der Waals surface area contributed by atoms with Crippen LogP contribution in [0.1, 0.15) is 32.9 Å². The molecule has 2 atom stereocenters. The molecule has 116 valence electrons. The lowest BCUT2D eigenvalue weighted by Gasteiger charge is -2.15. The molecule has 5 nitrogen and oxygen atoms in total. The lowest BCUT2D eigenvalue weighted by Crippen LogP contribution is -2.26. The third-order valence-electron chi connectivity index (χ3n) is 3.36. The summed E-state index contributed by atoms with van der Waals surface area (Å²) in [4.78, 5) is 29.7. The second-order valence-corrected chi connectivity index (χ2v) is 7.51. The number of ether oxygens (including phenoxy) is 1. The Balaban J connectivity index is 2.40. The van der Waals surface area contributed by atoms with E-state index in [9.17, 15) is 9.59 Å². The molecular formula is C14H20N2O3S2. The Morgan fingerprint density at radius 3 is 2.86 bits per heavy atom. The Morgan fingerprint density at radius 1 is 1.57 bits per heavy atom.